The van der Waals surface area contributed by atoms with Crippen LogP contribution in [0.25, 0.3) is 10.4 Å². The third kappa shape index (κ3) is 13.5. The number of carbonyl (C=O) groups is 4. The van der Waals surface area contributed by atoms with Crippen molar-refractivity contribution in [1.82, 2.24) is 30.5 Å². The number of aryl methyl sites for hydroxylation is 2. The van der Waals surface area contributed by atoms with Crippen molar-refractivity contribution in [3.05, 3.63) is 112 Å². The fourth-order valence-electron chi connectivity index (χ4n) is 8.22. The molecule has 0 radical (unpaired) electrons. The molecule has 1 aliphatic carbocycles. The molecule has 2 aromatic heterocycles. The van der Waals surface area contributed by atoms with Crippen LogP contribution in [0.2, 0.25) is 0 Å². The zero-order chi connectivity index (χ0) is 50.1. The van der Waals surface area contributed by atoms with E-state index in [1.54, 1.807) is 49.0 Å². The van der Waals surface area contributed by atoms with Gasteiger partial charge in [0, 0.05) is 55.5 Å². The Morgan fingerprint density at radius 1 is 1.03 bits per heavy atom. The number of thioether (sulfide) groups is 1. The van der Waals surface area contributed by atoms with Gasteiger partial charge in [-0.25, -0.2) is 9.37 Å². The normalized spacial score (nSPS) is 17.9. The van der Waals surface area contributed by atoms with E-state index in [-0.39, 0.29) is 56.6 Å². The van der Waals surface area contributed by atoms with E-state index >= 15 is 4.39 Å². The van der Waals surface area contributed by atoms with Crippen molar-refractivity contribution < 1.29 is 38.1 Å². The van der Waals surface area contributed by atoms with Gasteiger partial charge in [0.25, 0.3) is 5.91 Å². The third-order valence-electron chi connectivity index (χ3n) is 12.5. The average Bonchev–Trinajstić information content (AvgIpc) is 3.77. The van der Waals surface area contributed by atoms with Crippen molar-refractivity contribution in [2.45, 2.75) is 88.5 Å². The van der Waals surface area contributed by atoms with Gasteiger partial charge < -0.3 is 40.3 Å². The number of halogens is 1. The lowest BCUT2D eigenvalue weighted by molar-refractivity contribution is -0.143. The lowest BCUT2D eigenvalue weighted by Gasteiger charge is -2.37. The molecule has 0 unspecified atom stereocenters. The summed E-state index contributed by atoms with van der Waals surface area (Å²) in [5, 5.41) is 23.5. The molecule has 71 heavy (non-hydrogen) atoms. The number of likely N-dealkylation sites (tertiary alicyclic amines) is 1. The monoisotopic (exact) mass is 1010 g/mol. The fourth-order valence-corrected chi connectivity index (χ4v) is 9.93. The zero-order valence-electron chi connectivity index (χ0n) is 40.2. The minimum Gasteiger partial charge on any atom is -0.463 e. The zero-order valence-corrected chi connectivity index (χ0v) is 41.8. The highest BCUT2D eigenvalue weighted by Gasteiger charge is 2.54. The van der Waals surface area contributed by atoms with Gasteiger partial charge in [-0.3, -0.25) is 24.6 Å². The first-order valence-corrected chi connectivity index (χ1v) is 25.5. The summed E-state index contributed by atoms with van der Waals surface area (Å²) in [5.41, 5.74) is 9.06. The van der Waals surface area contributed by atoms with Gasteiger partial charge >= 0.3 is 6.01 Å². The molecule has 3 atom stereocenters. The SMILES string of the molecule is Cc1cccc(/C=N/Nc2cc(N3CCOCC3)nc(OCCc3ccc(NC(=O)CSC(C)(C)[C@H](NC(=O)C4(F)CC4)C(=O)N4C[C@H](O)C[C@H]4C(=O)NCc4ccc(-c5scnc5C)cc4)cc3)n2)c1. The Labute approximate surface area is 420 Å². The number of carbonyl (C=O) groups excluding carboxylic acids is 4. The van der Waals surface area contributed by atoms with E-state index in [9.17, 15) is 24.3 Å². The minimum atomic E-state index is -2.09. The van der Waals surface area contributed by atoms with Gasteiger partial charge in [0.15, 0.2) is 11.5 Å². The van der Waals surface area contributed by atoms with Crippen LogP contribution < -0.4 is 31.0 Å². The predicted molar refractivity (Wildman–Crippen MR) is 274 cm³/mol. The molecule has 0 bridgehead atoms. The summed E-state index contributed by atoms with van der Waals surface area (Å²) in [6.45, 7) is 10.2. The maximum Gasteiger partial charge on any atom is 0.320 e. The number of ether oxygens (including phenoxy) is 2. The number of aliphatic hydroxyl groups is 1. The highest BCUT2D eigenvalue weighted by molar-refractivity contribution is 8.01. The molecule has 17 nitrogen and oxygen atoms in total. The van der Waals surface area contributed by atoms with Gasteiger partial charge in [-0.15, -0.1) is 23.1 Å². The van der Waals surface area contributed by atoms with Crippen LogP contribution in [0, 0.1) is 13.8 Å². The van der Waals surface area contributed by atoms with E-state index in [1.165, 1.54) is 4.90 Å². The number of benzene rings is 3. The van der Waals surface area contributed by atoms with Crippen molar-refractivity contribution in [3.63, 3.8) is 0 Å². The molecule has 5 N–H and O–H groups in total. The Bertz CT molecular complexity index is 2710. The summed E-state index contributed by atoms with van der Waals surface area (Å²) < 4.78 is 25.5. The maximum absolute atomic E-state index is 15.1. The summed E-state index contributed by atoms with van der Waals surface area (Å²) in [6, 6.07) is 22.7. The Balaban J connectivity index is 0.849. The van der Waals surface area contributed by atoms with Crippen LogP contribution in [0.15, 0.2) is 89.5 Å². The quantitative estimate of drug-likeness (QED) is 0.0459. The summed E-state index contributed by atoms with van der Waals surface area (Å²) in [7, 11) is 0. The van der Waals surface area contributed by atoms with Crippen molar-refractivity contribution >= 4 is 70.3 Å². The molecule has 374 valence electrons. The van der Waals surface area contributed by atoms with Crippen LogP contribution in [0.5, 0.6) is 6.01 Å². The number of anilines is 3. The summed E-state index contributed by atoms with van der Waals surface area (Å²) in [5.74, 6) is -1.35. The number of morpholine rings is 1. The lowest BCUT2D eigenvalue weighted by Crippen LogP contribution is -2.61. The smallest absolute Gasteiger partial charge is 0.320 e. The molecule has 3 fully saturated rings. The first kappa shape index (κ1) is 50.9. The predicted octanol–water partition coefficient (Wildman–Crippen LogP) is 5.84. The average molecular weight is 1010 g/mol. The molecule has 8 rings (SSSR count). The number of thiazole rings is 1. The lowest BCUT2D eigenvalue weighted by atomic mass is 10.00. The van der Waals surface area contributed by atoms with Gasteiger partial charge in [-0.2, -0.15) is 15.1 Å². The standard InChI is InChI=1S/C51H59FN10O7S2/c1-32-6-5-7-36(24-32)28-55-60-41-26-42(61-19-22-68-23-20-61)58-49(57-41)69-21-16-34-10-14-38(15-11-34)56-43(64)30-71-50(3,4)45(59-48(67)51(52)17-18-51)47(66)62-29-39(63)25-40(62)46(65)53-27-35-8-12-37(13-9-35)44-33(2)54-31-70-44/h5-15,24,26,28,31,39-40,45,63H,16-23,25,27,29-30H2,1-4H3,(H,53,65)(H,56,64)(H,59,67)(H,57,58,60)/b55-28+/t39-,40+,45-/m1/s1. The van der Waals surface area contributed by atoms with Crippen LogP contribution in [-0.2, 0) is 36.9 Å². The number of aliphatic hydroxyl groups excluding tert-OH is 1. The summed E-state index contributed by atoms with van der Waals surface area (Å²) >= 11 is 2.65. The number of hydrogen-bond acceptors (Lipinski definition) is 15. The molecule has 3 aromatic carbocycles. The number of rotatable bonds is 20. The number of hydrogen-bond donors (Lipinski definition) is 5. The van der Waals surface area contributed by atoms with Crippen LogP contribution in [0.1, 0.15) is 61.1 Å². The number of nitrogens with one attached hydrogen (secondary N) is 4. The van der Waals surface area contributed by atoms with Crippen LogP contribution >= 0.6 is 23.1 Å². The number of nitrogens with zero attached hydrogens (tertiary/aromatic N) is 6. The molecule has 2 saturated heterocycles. The van der Waals surface area contributed by atoms with Gasteiger partial charge in [0.1, 0.15) is 17.9 Å². The van der Waals surface area contributed by atoms with E-state index in [2.05, 4.69) is 46.3 Å². The maximum atomic E-state index is 15.1. The van der Waals surface area contributed by atoms with E-state index in [1.807, 2.05) is 80.6 Å². The van der Waals surface area contributed by atoms with E-state index in [0.717, 1.165) is 50.2 Å². The molecule has 3 aliphatic rings. The number of hydrazone groups is 1. The summed E-state index contributed by atoms with van der Waals surface area (Å²) in [6.07, 6.45) is 1.30. The largest absolute Gasteiger partial charge is 0.463 e. The molecule has 1 saturated carbocycles. The molecule has 2 aliphatic heterocycles. The number of β-amino-alcohol motifs (C(OH)–C–C–N with tert-alkyl or cyclic N) is 1. The highest BCUT2D eigenvalue weighted by atomic mass is 32.2. The van der Waals surface area contributed by atoms with Crippen LogP contribution in [-0.4, -0.2) is 129 Å². The van der Waals surface area contributed by atoms with Crippen LogP contribution in [0.4, 0.5) is 21.7 Å². The second-order valence-corrected chi connectivity index (χ2v) is 20.9. The minimum absolute atomic E-state index is 0.0154. The Kier molecular flexibility index (Phi) is 16.3. The second-order valence-electron chi connectivity index (χ2n) is 18.5. The third-order valence-corrected chi connectivity index (χ3v) is 14.9. The van der Waals surface area contributed by atoms with Crippen molar-refractivity contribution in [2.75, 3.05) is 60.9 Å². The topological polar surface area (TPSA) is 213 Å². The molecule has 4 heterocycles. The Morgan fingerprint density at radius 3 is 2.48 bits per heavy atom. The first-order chi connectivity index (χ1) is 34.1. The molecule has 4 amide bonds. The van der Waals surface area contributed by atoms with Gasteiger partial charge in [0.05, 0.1) is 54.0 Å². The van der Waals surface area contributed by atoms with E-state index < -0.39 is 46.3 Å². The number of aromatic nitrogens is 3. The van der Waals surface area contributed by atoms with Crippen molar-refractivity contribution in [3.8, 4) is 16.5 Å². The van der Waals surface area contributed by atoms with E-state index in [0.29, 0.717) is 50.0 Å². The number of alkyl halides is 1. The number of amides is 4. The molecule has 5 aromatic rings. The fraction of sp³-hybridized carbons (Fsp3) is 0.412. The molecule has 20 heteroatoms. The Hall–Kier alpha value is -6.48. The van der Waals surface area contributed by atoms with Gasteiger partial charge in [-0.1, -0.05) is 66.2 Å². The molecular formula is C51H59FN10O7S2. The van der Waals surface area contributed by atoms with Crippen molar-refractivity contribution in [2.24, 2.45) is 5.10 Å². The second kappa shape index (κ2) is 22.7. The molecule has 0 spiro atoms. The summed E-state index contributed by atoms with van der Waals surface area (Å²) in [4.78, 5) is 72.6. The first-order valence-electron chi connectivity index (χ1n) is 23.6. The van der Waals surface area contributed by atoms with Crippen LogP contribution in [0.3, 0.4) is 0 Å². The van der Waals surface area contributed by atoms with Gasteiger partial charge in [-0.05, 0) is 74.9 Å². The van der Waals surface area contributed by atoms with Gasteiger partial charge in [0.2, 0.25) is 17.7 Å². The van der Waals surface area contributed by atoms with E-state index in [4.69, 9.17) is 9.47 Å². The highest BCUT2D eigenvalue weighted by Crippen LogP contribution is 2.41. The Morgan fingerprint density at radius 2 is 1.77 bits per heavy atom. The van der Waals surface area contributed by atoms with Crippen molar-refractivity contribution in [1.29, 1.82) is 0 Å². The molecular weight excluding hydrogens is 948 g/mol.